The summed E-state index contributed by atoms with van der Waals surface area (Å²) in [5, 5.41) is 12.4. The van der Waals surface area contributed by atoms with Crippen LogP contribution in [0.2, 0.25) is 5.15 Å². The highest BCUT2D eigenvalue weighted by Crippen LogP contribution is 2.34. The van der Waals surface area contributed by atoms with Crippen molar-refractivity contribution in [2.45, 2.75) is 38.1 Å². The minimum absolute atomic E-state index is 0.0145. The molecule has 0 aliphatic heterocycles. The zero-order chi connectivity index (χ0) is 13.2. The van der Waals surface area contributed by atoms with Gasteiger partial charge < -0.3 is 10.4 Å². The third kappa shape index (κ3) is 3.00. The van der Waals surface area contributed by atoms with Crippen molar-refractivity contribution in [1.82, 2.24) is 10.3 Å². The maximum Gasteiger partial charge on any atom is 0.251 e. The Morgan fingerprint density at radius 1 is 1.56 bits per heavy atom. The van der Waals surface area contributed by atoms with Crippen LogP contribution in [0.1, 0.15) is 42.2 Å². The van der Waals surface area contributed by atoms with E-state index in [1.54, 1.807) is 12.1 Å². The van der Waals surface area contributed by atoms with Gasteiger partial charge in [-0.15, -0.1) is 0 Å². The summed E-state index contributed by atoms with van der Waals surface area (Å²) in [7, 11) is 0. The van der Waals surface area contributed by atoms with Gasteiger partial charge in [0.2, 0.25) is 0 Å². The van der Waals surface area contributed by atoms with Crippen molar-refractivity contribution in [1.29, 1.82) is 0 Å². The Kier molecular flexibility index (Phi) is 3.88. The quantitative estimate of drug-likeness (QED) is 0.803. The third-order valence-electron chi connectivity index (χ3n) is 3.15. The molecule has 1 aliphatic carbocycles. The Balaban J connectivity index is 2.14. The highest BCUT2D eigenvalue weighted by atomic mass is 35.5. The second kappa shape index (κ2) is 5.24. The summed E-state index contributed by atoms with van der Waals surface area (Å²) in [4.78, 5) is 16.2. The predicted molar refractivity (Wildman–Crippen MR) is 69.8 cm³/mol. The number of carbonyl (C=O) groups is 1. The molecular formula is C13H17ClN2O2. The van der Waals surface area contributed by atoms with Gasteiger partial charge in [0.15, 0.2) is 0 Å². The van der Waals surface area contributed by atoms with E-state index in [0.29, 0.717) is 10.7 Å². The monoisotopic (exact) mass is 268 g/mol. The second-order valence-electron chi connectivity index (χ2n) is 4.81. The number of aliphatic hydroxyl groups excluding tert-OH is 1. The van der Waals surface area contributed by atoms with Crippen molar-refractivity contribution in [2.24, 2.45) is 0 Å². The van der Waals surface area contributed by atoms with Gasteiger partial charge >= 0.3 is 0 Å². The lowest BCUT2D eigenvalue weighted by atomic mass is 10.1. The van der Waals surface area contributed by atoms with Gasteiger partial charge in [-0.05, 0) is 31.4 Å². The average Bonchev–Trinajstić information content (AvgIpc) is 3.09. The summed E-state index contributed by atoms with van der Waals surface area (Å²) >= 11 is 5.91. The van der Waals surface area contributed by atoms with Crippen LogP contribution < -0.4 is 5.32 Å². The highest BCUT2D eigenvalue weighted by molar-refractivity contribution is 6.29. The van der Waals surface area contributed by atoms with E-state index in [9.17, 15) is 9.90 Å². The molecule has 1 saturated carbocycles. The lowest BCUT2D eigenvalue weighted by molar-refractivity contribution is 0.0906. The van der Waals surface area contributed by atoms with Crippen LogP contribution in [0.4, 0.5) is 0 Å². The van der Waals surface area contributed by atoms with Crippen molar-refractivity contribution in [3.8, 4) is 0 Å². The zero-order valence-electron chi connectivity index (χ0n) is 10.4. The number of hydrogen-bond acceptors (Lipinski definition) is 3. The van der Waals surface area contributed by atoms with Crippen molar-refractivity contribution < 1.29 is 9.90 Å². The van der Waals surface area contributed by atoms with E-state index >= 15 is 0 Å². The average molecular weight is 269 g/mol. The van der Waals surface area contributed by atoms with Crippen LogP contribution in [0.5, 0.6) is 0 Å². The van der Waals surface area contributed by atoms with Crippen LogP contribution in [-0.2, 0) is 6.42 Å². The predicted octanol–water partition coefficient (Wildman–Crippen LogP) is 1.94. The fourth-order valence-electron chi connectivity index (χ4n) is 1.85. The first-order valence-corrected chi connectivity index (χ1v) is 6.56. The van der Waals surface area contributed by atoms with E-state index in [2.05, 4.69) is 10.3 Å². The molecular weight excluding hydrogens is 252 g/mol. The fraction of sp³-hybridized carbons (Fsp3) is 0.538. The first kappa shape index (κ1) is 13.3. The molecule has 2 rings (SSSR count). The van der Waals surface area contributed by atoms with Gasteiger partial charge in [0.25, 0.3) is 5.91 Å². The largest absolute Gasteiger partial charge is 0.394 e. The lowest BCUT2D eigenvalue weighted by Gasteiger charge is -2.14. The van der Waals surface area contributed by atoms with Gasteiger partial charge in [-0.3, -0.25) is 4.79 Å². The van der Waals surface area contributed by atoms with Gasteiger partial charge in [-0.1, -0.05) is 24.9 Å². The number of nitrogens with zero attached hydrogens (tertiary/aromatic N) is 1. The van der Waals surface area contributed by atoms with Gasteiger partial charge in [0.05, 0.1) is 12.1 Å². The molecule has 4 nitrogen and oxygen atoms in total. The summed E-state index contributed by atoms with van der Waals surface area (Å²) in [6.07, 6.45) is 3.41. The molecule has 2 N–H and O–H groups in total. The molecule has 0 unspecified atom stereocenters. The molecule has 18 heavy (non-hydrogen) atoms. The minimum Gasteiger partial charge on any atom is -0.394 e. The third-order valence-corrected chi connectivity index (χ3v) is 3.34. The zero-order valence-corrected chi connectivity index (χ0v) is 11.1. The molecule has 0 radical (unpaired) electrons. The first-order chi connectivity index (χ1) is 8.58. The SMILES string of the molecule is CCCc1cc(C(=O)NC2(CO)CC2)cc(Cl)n1. The minimum atomic E-state index is -0.405. The maximum absolute atomic E-state index is 12.1. The number of hydrogen-bond donors (Lipinski definition) is 2. The van der Waals surface area contributed by atoms with E-state index in [-0.39, 0.29) is 12.5 Å². The van der Waals surface area contributed by atoms with Crippen LogP contribution in [0.3, 0.4) is 0 Å². The number of nitrogens with one attached hydrogen (secondary N) is 1. The van der Waals surface area contributed by atoms with Crippen molar-refractivity contribution in [2.75, 3.05) is 6.61 Å². The summed E-state index contributed by atoms with van der Waals surface area (Å²) in [6, 6.07) is 3.32. The normalized spacial score (nSPS) is 16.4. The van der Waals surface area contributed by atoms with Gasteiger partial charge in [-0.2, -0.15) is 0 Å². The van der Waals surface area contributed by atoms with Crippen LogP contribution in [0, 0.1) is 0 Å². The molecule has 98 valence electrons. The molecule has 1 aromatic rings. The molecule has 1 heterocycles. The Bertz CT molecular complexity index is 458. The van der Waals surface area contributed by atoms with E-state index in [1.165, 1.54) is 0 Å². The molecule has 0 bridgehead atoms. The molecule has 1 amide bonds. The van der Waals surface area contributed by atoms with Gasteiger partial charge in [0.1, 0.15) is 5.15 Å². The van der Waals surface area contributed by atoms with E-state index < -0.39 is 5.54 Å². The molecule has 0 saturated heterocycles. The molecule has 0 spiro atoms. The Labute approximate surface area is 111 Å². The Morgan fingerprint density at radius 2 is 2.28 bits per heavy atom. The number of pyridine rings is 1. The van der Waals surface area contributed by atoms with Crippen molar-refractivity contribution in [3.05, 3.63) is 28.5 Å². The molecule has 1 fully saturated rings. The number of rotatable bonds is 5. The van der Waals surface area contributed by atoms with E-state index in [4.69, 9.17) is 11.6 Å². The number of aliphatic hydroxyl groups is 1. The number of carbonyl (C=O) groups excluding carboxylic acids is 1. The standard InChI is InChI=1S/C13H17ClN2O2/c1-2-3-10-6-9(7-11(14)15-10)12(18)16-13(8-17)4-5-13/h6-7,17H,2-5,8H2,1H3,(H,16,18). The molecule has 0 atom stereocenters. The smallest absolute Gasteiger partial charge is 0.251 e. The van der Waals surface area contributed by atoms with Crippen LogP contribution >= 0.6 is 11.6 Å². The van der Waals surface area contributed by atoms with E-state index in [1.807, 2.05) is 6.92 Å². The molecule has 1 aliphatic rings. The number of aryl methyl sites for hydroxylation is 1. The second-order valence-corrected chi connectivity index (χ2v) is 5.20. The molecule has 0 aromatic carbocycles. The Hall–Kier alpha value is -1.13. The highest BCUT2D eigenvalue weighted by Gasteiger charge is 2.43. The maximum atomic E-state index is 12.1. The first-order valence-electron chi connectivity index (χ1n) is 6.18. The Morgan fingerprint density at radius 3 is 2.83 bits per heavy atom. The van der Waals surface area contributed by atoms with Gasteiger partial charge in [-0.25, -0.2) is 4.98 Å². The lowest BCUT2D eigenvalue weighted by Crippen LogP contribution is -2.39. The number of halogens is 1. The van der Waals surface area contributed by atoms with Crippen LogP contribution in [0.25, 0.3) is 0 Å². The molecule has 5 heteroatoms. The van der Waals surface area contributed by atoms with Crippen molar-refractivity contribution in [3.63, 3.8) is 0 Å². The van der Waals surface area contributed by atoms with Crippen molar-refractivity contribution >= 4 is 17.5 Å². The van der Waals surface area contributed by atoms with Crippen LogP contribution in [-0.4, -0.2) is 28.1 Å². The topological polar surface area (TPSA) is 62.2 Å². The summed E-state index contributed by atoms with van der Waals surface area (Å²) in [5.74, 6) is -0.191. The molecule has 1 aromatic heterocycles. The fourth-order valence-corrected chi connectivity index (χ4v) is 2.08. The summed E-state index contributed by atoms with van der Waals surface area (Å²) in [6.45, 7) is 2.03. The number of amides is 1. The summed E-state index contributed by atoms with van der Waals surface area (Å²) in [5.41, 5.74) is 0.930. The van der Waals surface area contributed by atoms with Gasteiger partial charge in [0, 0.05) is 11.3 Å². The van der Waals surface area contributed by atoms with E-state index in [0.717, 1.165) is 31.4 Å². The van der Waals surface area contributed by atoms with Crippen LogP contribution in [0.15, 0.2) is 12.1 Å². The number of aromatic nitrogens is 1. The summed E-state index contributed by atoms with van der Waals surface area (Å²) < 4.78 is 0.